The third-order valence-corrected chi connectivity index (χ3v) is 7.97. The van der Waals surface area contributed by atoms with E-state index in [-0.39, 0.29) is 16.3 Å². The summed E-state index contributed by atoms with van der Waals surface area (Å²) in [6.45, 7) is 1.84. The minimum absolute atomic E-state index is 0.0484. The van der Waals surface area contributed by atoms with Crippen LogP contribution in [0, 0.1) is 10.1 Å². The highest BCUT2D eigenvalue weighted by atomic mass is 35.5. The van der Waals surface area contributed by atoms with E-state index in [9.17, 15) is 23.3 Å². The summed E-state index contributed by atoms with van der Waals surface area (Å²) in [4.78, 5) is 23.4. The molecule has 0 bridgehead atoms. The summed E-state index contributed by atoms with van der Waals surface area (Å²) in [7, 11) is -4.25. The van der Waals surface area contributed by atoms with Crippen LogP contribution in [0.25, 0.3) is 0 Å². The maximum atomic E-state index is 13.4. The number of hydrogen-bond donors (Lipinski definition) is 1. The first-order valence-corrected chi connectivity index (χ1v) is 14.8. The van der Waals surface area contributed by atoms with Gasteiger partial charge in [-0.05, 0) is 66.6 Å². The fourth-order valence-corrected chi connectivity index (χ4v) is 5.44. The van der Waals surface area contributed by atoms with Gasteiger partial charge in [0.1, 0.15) is 13.2 Å². The van der Waals surface area contributed by atoms with E-state index in [1.54, 1.807) is 36.4 Å². The number of nitrogens with zero attached hydrogens (tertiary/aromatic N) is 3. The highest BCUT2D eigenvalue weighted by molar-refractivity contribution is 7.92. The molecule has 0 aromatic heterocycles. The van der Waals surface area contributed by atoms with Gasteiger partial charge in [-0.25, -0.2) is 13.8 Å². The van der Waals surface area contributed by atoms with Gasteiger partial charge in [0.05, 0.1) is 28.3 Å². The predicted octanol–water partition coefficient (Wildman–Crippen LogP) is 5.57. The molecular weight excluding hydrogens is 596 g/mol. The minimum Gasteiger partial charge on any atom is -0.490 e. The standard InChI is InChI=1S/C30H27ClN4O7S/c1-2-41-29-17-23(13-16-28(29)42-21-22-11-14-24(31)15-12-22)19-32-33-30(36)20-34(25-7-6-8-26(18-25)35(37)38)43(39,40)27-9-4-3-5-10-27/h3-19H,2,20-21H2,1H3,(H,33,36)/b32-19+. The lowest BCUT2D eigenvalue weighted by molar-refractivity contribution is -0.384. The number of amides is 1. The molecule has 43 heavy (non-hydrogen) atoms. The maximum absolute atomic E-state index is 13.4. The van der Waals surface area contributed by atoms with Gasteiger partial charge in [-0.15, -0.1) is 0 Å². The van der Waals surface area contributed by atoms with Gasteiger partial charge >= 0.3 is 0 Å². The molecule has 13 heteroatoms. The molecular formula is C30H27ClN4O7S. The first-order valence-electron chi connectivity index (χ1n) is 13.0. The zero-order chi connectivity index (χ0) is 30.8. The Bertz CT molecular complexity index is 1720. The number of anilines is 1. The van der Waals surface area contributed by atoms with Gasteiger partial charge in [-0.3, -0.25) is 19.2 Å². The van der Waals surface area contributed by atoms with Gasteiger partial charge in [0, 0.05) is 17.2 Å². The highest BCUT2D eigenvalue weighted by Crippen LogP contribution is 2.29. The molecule has 0 heterocycles. The van der Waals surface area contributed by atoms with Crippen molar-refractivity contribution in [3.63, 3.8) is 0 Å². The molecule has 0 radical (unpaired) electrons. The third-order valence-electron chi connectivity index (χ3n) is 5.93. The van der Waals surface area contributed by atoms with Crippen LogP contribution in [0.3, 0.4) is 0 Å². The van der Waals surface area contributed by atoms with Crippen molar-refractivity contribution in [1.82, 2.24) is 5.43 Å². The largest absolute Gasteiger partial charge is 0.490 e. The lowest BCUT2D eigenvalue weighted by Gasteiger charge is -2.23. The lowest BCUT2D eigenvalue weighted by Crippen LogP contribution is -2.39. The van der Waals surface area contributed by atoms with E-state index in [0.717, 1.165) is 15.9 Å². The van der Waals surface area contributed by atoms with Gasteiger partial charge in [0.2, 0.25) is 0 Å². The van der Waals surface area contributed by atoms with Crippen LogP contribution in [-0.2, 0) is 21.4 Å². The number of rotatable bonds is 13. The predicted molar refractivity (Wildman–Crippen MR) is 163 cm³/mol. The molecule has 0 aliphatic rings. The smallest absolute Gasteiger partial charge is 0.271 e. The van der Waals surface area contributed by atoms with Crippen LogP contribution in [0.15, 0.2) is 107 Å². The second-order valence-electron chi connectivity index (χ2n) is 8.95. The molecule has 11 nitrogen and oxygen atoms in total. The summed E-state index contributed by atoms with van der Waals surface area (Å²) in [6, 6.07) is 24.9. The first-order chi connectivity index (χ1) is 20.7. The fraction of sp³-hybridized carbons (Fsp3) is 0.133. The quantitative estimate of drug-likeness (QED) is 0.117. The number of nitro groups is 1. The molecule has 0 aliphatic carbocycles. The van der Waals surface area contributed by atoms with Crippen molar-refractivity contribution in [2.75, 3.05) is 17.5 Å². The number of hydrazone groups is 1. The molecule has 0 unspecified atom stereocenters. The Morgan fingerprint density at radius 2 is 1.72 bits per heavy atom. The van der Waals surface area contributed by atoms with Gasteiger partial charge in [-0.1, -0.05) is 48.0 Å². The number of carbonyl (C=O) groups excluding carboxylic acids is 1. The third kappa shape index (κ3) is 8.31. The molecule has 1 N–H and O–H groups in total. The van der Waals surface area contributed by atoms with Crippen molar-refractivity contribution in [3.8, 4) is 11.5 Å². The Morgan fingerprint density at radius 3 is 2.42 bits per heavy atom. The van der Waals surface area contributed by atoms with Crippen molar-refractivity contribution >= 4 is 45.1 Å². The molecule has 4 aromatic rings. The Balaban J connectivity index is 1.49. The van der Waals surface area contributed by atoms with Crippen molar-refractivity contribution in [2.24, 2.45) is 5.10 Å². The molecule has 0 aliphatic heterocycles. The number of nitro benzene ring substituents is 1. The Hall–Kier alpha value is -4.94. The Labute approximate surface area is 253 Å². The SMILES string of the molecule is CCOc1cc(/C=N/NC(=O)CN(c2cccc([N+](=O)[O-])c2)S(=O)(=O)c2ccccc2)ccc1OCc1ccc(Cl)cc1. The zero-order valence-electron chi connectivity index (χ0n) is 22.9. The van der Waals surface area contributed by atoms with Gasteiger partial charge in [0.15, 0.2) is 11.5 Å². The van der Waals surface area contributed by atoms with E-state index in [1.807, 2.05) is 19.1 Å². The van der Waals surface area contributed by atoms with E-state index >= 15 is 0 Å². The van der Waals surface area contributed by atoms with E-state index in [2.05, 4.69) is 10.5 Å². The molecule has 0 spiro atoms. The zero-order valence-corrected chi connectivity index (χ0v) is 24.5. The summed E-state index contributed by atoms with van der Waals surface area (Å²) in [5, 5.41) is 15.9. The number of non-ortho nitro benzene ring substituents is 1. The fourth-order valence-electron chi connectivity index (χ4n) is 3.88. The second-order valence-corrected chi connectivity index (χ2v) is 11.2. The van der Waals surface area contributed by atoms with Gasteiger partial charge < -0.3 is 9.47 Å². The van der Waals surface area contributed by atoms with Crippen molar-refractivity contribution in [2.45, 2.75) is 18.4 Å². The monoisotopic (exact) mass is 622 g/mol. The summed E-state index contributed by atoms with van der Waals surface area (Å²) in [5.41, 5.74) is 3.45. The number of ether oxygens (including phenoxy) is 2. The van der Waals surface area contributed by atoms with Crippen LogP contribution >= 0.6 is 11.6 Å². The molecule has 222 valence electrons. The van der Waals surface area contributed by atoms with Gasteiger partial charge in [0.25, 0.3) is 21.6 Å². The number of sulfonamides is 1. The van der Waals surface area contributed by atoms with Crippen molar-refractivity contribution in [1.29, 1.82) is 0 Å². The molecule has 4 aromatic carbocycles. The van der Waals surface area contributed by atoms with Crippen LogP contribution in [-0.4, -0.2) is 38.6 Å². The van der Waals surface area contributed by atoms with E-state index in [0.29, 0.717) is 35.3 Å². The van der Waals surface area contributed by atoms with E-state index < -0.39 is 27.4 Å². The van der Waals surface area contributed by atoms with E-state index in [1.165, 1.54) is 48.7 Å². The average Bonchev–Trinajstić information content (AvgIpc) is 3.01. The molecule has 0 fully saturated rings. The summed E-state index contributed by atoms with van der Waals surface area (Å²) >= 11 is 5.94. The lowest BCUT2D eigenvalue weighted by atomic mass is 10.2. The van der Waals surface area contributed by atoms with Crippen LogP contribution in [0.4, 0.5) is 11.4 Å². The van der Waals surface area contributed by atoms with Crippen LogP contribution in [0.1, 0.15) is 18.1 Å². The number of carbonyl (C=O) groups is 1. The number of halogens is 1. The van der Waals surface area contributed by atoms with Crippen molar-refractivity contribution in [3.05, 3.63) is 123 Å². The topological polar surface area (TPSA) is 140 Å². The molecule has 0 saturated carbocycles. The number of hydrogen-bond acceptors (Lipinski definition) is 8. The average molecular weight is 623 g/mol. The maximum Gasteiger partial charge on any atom is 0.271 e. The Kier molecular flexibility index (Phi) is 10.3. The Morgan fingerprint density at radius 1 is 0.977 bits per heavy atom. The highest BCUT2D eigenvalue weighted by Gasteiger charge is 2.28. The van der Waals surface area contributed by atoms with Crippen LogP contribution < -0.4 is 19.2 Å². The molecule has 4 rings (SSSR count). The first kappa shape index (κ1) is 31.0. The minimum atomic E-state index is -4.25. The van der Waals surface area contributed by atoms with Crippen LogP contribution in [0.2, 0.25) is 5.02 Å². The molecule has 0 saturated heterocycles. The summed E-state index contributed by atoms with van der Waals surface area (Å²) in [5.74, 6) is 0.212. The van der Waals surface area contributed by atoms with Crippen molar-refractivity contribution < 1.29 is 27.6 Å². The molecule has 1 amide bonds. The van der Waals surface area contributed by atoms with E-state index in [4.69, 9.17) is 21.1 Å². The summed E-state index contributed by atoms with van der Waals surface area (Å²) < 4.78 is 39.3. The van der Waals surface area contributed by atoms with Crippen LogP contribution in [0.5, 0.6) is 11.5 Å². The molecule has 0 atom stereocenters. The summed E-state index contributed by atoms with van der Waals surface area (Å²) in [6.07, 6.45) is 1.37. The normalized spacial score (nSPS) is 11.2. The second kappa shape index (κ2) is 14.3. The number of nitrogens with one attached hydrogen (secondary N) is 1. The number of benzene rings is 4. The van der Waals surface area contributed by atoms with Gasteiger partial charge in [-0.2, -0.15) is 5.10 Å².